The molecule has 2 aliphatic rings. The zero-order valence-electron chi connectivity index (χ0n) is 23.0. The Labute approximate surface area is 238 Å². The topological polar surface area (TPSA) is 103 Å². The molecule has 4 amide bonds. The average Bonchev–Trinajstić information content (AvgIpc) is 2.96. The first-order valence-corrected chi connectivity index (χ1v) is 13.8. The highest BCUT2D eigenvalue weighted by Crippen LogP contribution is 2.30. The van der Waals surface area contributed by atoms with Crippen LogP contribution in [0.25, 0.3) is 0 Å². The maximum atomic E-state index is 13.4. The molecule has 0 bridgehead atoms. The first-order chi connectivity index (χ1) is 19.9. The Hall–Kier alpha value is -4.60. The Morgan fingerprint density at radius 2 is 1.56 bits per heavy atom. The van der Waals surface area contributed by atoms with Gasteiger partial charge in [0.25, 0.3) is 5.91 Å². The fourth-order valence-electron chi connectivity index (χ4n) is 4.89. The van der Waals surface area contributed by atoms with Crippen LogP contribution in [0.1, 0.15) is 35.2 Å². The summed E-state index contributed by atoms with van der Waals surface area (Å²) in [5, 5.41) is 8.78. The lowest BCUT2D eigenvalue weighted by atomic mass is 9.85. The van der Waals surface area contributed by atoms with E-state index in [4.69, 9.17) is 4.74 Å². The minimum absolute atomic E-state index is 0.0163. The lowest BCUT2D eigenvalue weighted by molar-refractivity contribution is -0.122. The molecule has 0 radical (unpaired) electrons. The van der Waals surface area contributed by atoms with E-state index in [0.29, 0.717) is 48.9 Å². The molecule has 2 fully saturated rings. The van der Waals surface area contributed by atoms with Crippen LogP contribution in [0.15, 0.2) is 66.7 Å². The number of nitrogens with zero attached hydrogens (tertiary/aromatic N) is 2. The number of urea groups is 1. The molecular formula is C31H34FN5O4. The zero-order chi connectivity index (χ0) is 28.8. The lowest BCUT2D eigenvalue weighted by Gasteiger charge is -2.37. The lowest BCUT2D eigenvalue weighted by Crippen LogP contribution is -2.50. The number of benzene rings is 3. The van der Waals surface area contributed by atoms with Crippen LogP contribution in [0, 0.1) is 11.7 Å². The number of halogens is 1. The highest BCUT2D eigenvalue weighted by Gasteiger charge is 2.27. The Morgan fingerprint density at radius 1 is 0.878 bits per heavy atom. The molecule has 214 valence electrons. The van der Waals surface area contributed by atoms with Crippen LogP contribution < -0.4 is 25.6 Å². The third-order valence-electron chi connectivity index (χ3n) is 7.60. The third kappa shape index (κ3) is 6.95. The number of amides is 4. The molecule has 5 rings (SSSR count). The van der Waals surface area contributed by atoms with Crippen molar-refractivity contribution in [1.29, 1.82) is 0 Å². The van der Waals surface area contributed by atoms with Crippen molar-refractivity contribution in [1.82, 2.24) is 10.2 Å². The molecule has 1 heterocycles. The highest BCUT2D eigenvalue weighted by atomic mass is 19.1. The van der Waals surface area contributed by atoms with Gasteiger partial charge in [0.1, 0.15) is 11.6 Å². The van der Waals surface area contributed by atoms with Crippen molar-refractivity contribution >= 4 is 34.9 Å². The molecule has 10 heteroatoms. The Morgan fingerprint density at radius 3 is 2.20 bits per heavy atom. The van der Waals surface area contributed by atoms with Crippen molar-refractivity contribution in [2.75, 3.05) is 48.8 Å². The summed E-state index contributed by atoms with van der Waals surface area (Å²) in [5.74, 6) is 0.0568. The molecule has 41 heavy (non-hydrogen) atoms. The normalized spacial score (nSPS) is 15.1. The summed E-state index contributed by atoms with van der Waals surface area (Å²) in [6, 6.07) is 18.3. The minimum atomic E-state index is -0.339. The summed E-state index contributed by atoms with van der Waals surface area (Å²) in [6.45, 7) is 2.23. The standard InChI is InChI=1S/C31H34FN5O4/c1-41-26-12-9-24(10-13-26)35-31(40)37-17-15-36(16-18-37)28-14-11-25(34-29(38)22-3-2-4-22)19-27(28)30(39)33-20-21-5-7-23(32)8-6-21/h5-14,19,22H,2-4,15-18,20H2,1H3,(H,33,39)(H,34,38)(H,35,40). The molecule has 0 unspecified atom stereocenters. The zero-order valence-corrected chi connectivity index (χ0v) is 23.0. The molecule has 0 spiro atoms. The number of carbonyl (C=O) groups is 3. The minimum Gasteiger partial charge on any atom is -0.497 e. The summed E-state index contributed by atoms with van der Waals surface area (Å²) in [6.07, 6.45) is 2.81. The van der Waals surface area contributed by atoms with Crippen molar-refractivity contribution < 1.29 is 23.5 Å². The van der Waals surface area contributed by atoms with E-state index in [1.165, 1.54) is 12.1 Å². The van der Waals surface area contributed by atoms with Gasteiger partial charge in [-0.15, -0.1) is 0 Å². The smallest absolute Gasteiger partial charge is 0.321 e. The number of piperazine rings is 1. The van der Waals surface area contributed by atoms with Gasteiger partial charge in [-0.3, -0.25) is 9.59 Å². The number of hydrogen-bond donors (Lipinski definition) is 3. The van der Waals surface area contributed by atoms with E-state index in [-0.39, 0.29) is 36.1 Å². The number of methoxy groups -OCH3 is 1. The van der Waals surface area contributed by atoms with Crippen LogP contribution in [-0.2, 0) is 11.3 Å². The van der Waals surface area contributed by atoms with Crippen molar-refractivity contribution in [2.45, 2.75) is 25.8 Å². The maximum absolute atomic E-state index is 13.4. The van der Waals surface area contributed by atoms with Crippen LogP contribution in [0.2, 0.25) is 0 Å². The van der Waals surface area contributed by atoms with Crippen molar-refractivity contribution in [3.05, 3.63) is 83.7 Å². The van der Waals surface area contributed by atoms with Gasteiger partial charge in [-0.25, -0.2) is 9.18 Å². The van der Waals surface area contributed by atoms with Crippen molar-refractivity contribution in [3.8, 4) is 5.75 Å². The molecule has 1 aliphatic carbocycles. The van der Waals surface area contributed by atoms with E-state index < -0.39 is 0 Å². The van der Waals surface area contributed by atoms with E-state index in [0.717, 1.165) is 30.5 Å². The van der Waals surface area contributed by atoms with E-state index in [1.54, 1.807) is 54.5 Å². The van der Waals surface area contributed by atoms with Crippen LogP contribution in [0.5, 0.6) is 5.75 Å². The monoisotopic (exact) mass is 559 g/mol. The number of nitrogens with one attached hydrogen (secondary N) is 3. The van der Waals surface area contributed by atoms with Crippen LogP contribution in [-0.4, -0.2) is 56.0 Å². The van der Waals surface area contributed by atoms with Crippen molar-refractivity contribution in [3.63, 3.8) is 0 Å². The van der Waals surface area contributed by atoms with E-state index in [1.807, 2.05) is 12.1 Å². The van der Waals surface area contributed by atoms with Gasteiger partial charge in [0.05, 0.1) is 12.7 Å². The third-order valence-corrected chi connectivity index (χ3v) is 7.60. The first-order valence-electron chi connectivity index (χ1n) is 13.8. The number of hydrogen-bond acceptors (Lipinski definition) is 5. The fraction of sp³-hybridized carbons (Fsp3) is 0.323. The Kier molecular flexibility index (Phi) is 8.67. The summed E-state index contributed by atoms with van der Waals surface area (Å²) in [5.41, 5.74) is 3.16. The highest BCUT2D eigenvalue weighted by molar-refractivity contribution is 6.02. The largest absolute Gasteiger partial charge is 0.497 e. The molecule has 1 saturated heterocycles. The van der Waals surface area contributed by atoms with Crippen LogP contribution >= 0.6 is 0 Å². The van der Waals surface area contributed by atoms with E-state index in [9.17, 15) is 18.8 Å². The molecule has 3 N–H and O–H groups in total. The van der Waals surface area contributed by atoms with Crippen LogP contribution in [0.4, 0.5) is 26.2 Å². The van der Waals surface area contributed by atoms with Gasteiger partial charge in [-0.2, -0.15) is 0 Å². The maximum Gasteiger partial charge on any atom is 0.321 e. The Balaban J connectivity index is 1.26. The van der Waals surface area contributed by atoms with Gasteiger partial charge in [0.2, 0.25) is 5.91 Å². The quantitative estimate of drug-likeness (QED) is 0.366. The second kappa shape index (κ2) is 12.7. The molecular weight excluding hydrogens is 525 g/mol. The second-order valence-corrected chi connectivity index (χ2v) is 10.3. The van der Waals surface area contributed by atoms with Gasteiger partial charge < -0.3 is 30.5 Å². The van der Waals surface area contributed by atoms with E-state index in [2.05, 4.69) is 20.9 Å². The van der Waals surface area contributed by atoms with Crippen molar-refractivity contribution in [2.24, 2.45) is 5.92 Å². The molecule has 1 saturated carbocycles. The van der Waals surface area contributed by atoms with E-state index >= 15 is 0 Å². The molecule has 1 aliphatic heterocycles. The van der Waals surface area contributed by atoms with Crippen LogP contribution in [0.3, 0.4) is 0 Å². The first kappa shape index (κ1) is 27.9. The fourth-order valence-corrected chi connectivity index (χ4v) is 4.89. The summed E-state index contributed by atoms with van der Waals surface area (Å²) < 4.78 is 18.5. The molecule has 3 aromatic rings. The molecule has 3 aromatic carbocycles. The SMILES string of the molecule is COc1ccc(NC(=O)N2CCN(c3ccc(NC(=O)C4CCC4)cc3C(=O)NCc3ccc(F)cc3)CC2)cc1. The number of rotatable bonds is 8. The predicted molar refractivity (Wildman–Crippen MR) is 156 cm³/mol. The van der Waals surface area contributed by atoms with Gasteiger partial charge in [-0.1, -0.05) is 18.6 Å². The number of carbonyl (C=O) groups excluding carboxylic acids is 3. The van der Waals surface area contributed by atoms with Gasteiger partial charge in [0.15, 0.2) is 0 Å². The van der Waals surface area contributed by atoms with Gasteiger partial charge in [0, 0.05) is 55.7 Å². The summed E-state index contributed by atoms with van der Waals surface area (Å²) in [4.78, 5) is 42.6. The second-order valence-electron chi connectivity index (χ2n) is 10.3. The summed E-state index contributed by atoms with van der Waals surface area (Å²) >= 11 is 0. The molecule has 0 atom stereocenters. The summed E-state index contributed by atoms with van der Waals surface area (Å²) in [7, 11) is 1.59. The molecule has 9 nitrogen and oxygen atoms in total. The number of ether oxygens (including phenoxy) is 1. The predicted octanol–water partition coefficient (Wildman–Crippen LogP) is 4.86. The van der Waals surface area contributed by atoms with Gasteiger partial charge >= 0.3 is 6.03 Å². The van der Waals surface area contributed by atoms with Gasteiger partial charge in [-0.05, 0) is 73.0 Å². The molecule has 0 aromatic heterocycles. The average molecular weight is 560 g/mol. The number of anilines is 3. The Bertz CT molecular complexity index is 1380.